The molecule has 1 aromatic carbocycles. The molecule has 128 valence electrons. The molecular formula is C20H18O5. The van der Waals surface area contributed by atoms with E-state index in [2.05, 4.69) is 0 Å². The van der Waals surface area contributed by atoms with E-state index < -0.39 is 22.4 Å². The molecule has 1 spiro atoms. The summed E-state index contributed by atoms with van der Waals surface area (Å²) in [5.41, 5.74) is -2.52. The number of fused-ring (bicyclic) bond motifs is 1. The third-order valence-corrected chi connectivity index (χ3v) is 7.03. The van der Waals surface area contributed by atoms with Gasteiger partial charge in [-0.1, -0.05) is 6.08 Å². The number of carbonyl (C=O) groups is 3. The Morgan fingerprint density at radius 2 is 2.00 bits per heavy atom. The smallest absolute Gasteiger partial charge is 0.201 e. The molecule has 5 nitrogen and oxygen atoms in total. The first kappa shape index (κ1) is 15.0. The third kappa shape index (κ3) is 1.36. The Bertz CT molecular complexity index is 915. The van der Waals surface area contributed by atoms with Crippen LogP contribution in [0.15, 0.2) is 29.8 Å². The molecule has 25 heavy (non-hydrogen) atoms. The van der Waals surface area contributed by atoms with E-state index in [1.807, 2.05) is 13.0 Å². The molecular weight excluding hydrogens is 320 g/mol. The highest BCUT2D eigenvalue weighted by molar-refractivity contribution is 6.28. The van der Waals surface area contributed by atoms with E-state index in [0.29, 0.717) is 5.57 Å². The summed E-state index contributed by atoms with van der Waals surface area (Å²) in [7, 11) is 0. The summed E-state index contributed by atoms with van der Waals surface area (Å²) in [6, 6.07) is 4.17. The highest BCUT2D eigenvalue weighted by atomic mass is 16.5. The van der Waals surface area contributed by atoms with Gasteiger partial charge in [0.25, 0.3) is 0 Å². The second-order valence-electron chi connectivity index (χ2n) is 8.14. The maximum Gasteiger partial charge on any atom is 0.201 e. The van der Waals surface area contributed by atoms with Gasteiger partial charge in [0.15, 0.2) is 11.4 Å². The molecule has 2 aliphatic heterocycles. The van der Waals surface area contributed by atoms with Crippen LogP contribution in [0.5, 0.6) is 5.75 Å². The number of carbonyl (C=O) groups excluding carboxylic acids is 3. The molecule has 1 aromatic rings. The van der Waals surface area contributed by atoms with Crippen molar-refractivity contribution in [3.05, 3.63) is 41.0 Å². The van der Waals surface area contributed by atoms with E-state index in [1.54, 1.807) is 6.92 Å². The average molecular weight is 338 g/mol. The van der Waals surface area contributed by atoms with E-state index in [1.165, 1.54) is 18.2 Å². The van der Waals surface area contributed by atoms with Crippen molar-refractivity contribution >= 4 is 17.9 Å². The van der Waals surface area contributed by atoms with Crippen LogP contribution < -0.4 is 0 Å². The highest BCUT2D eigenvalue weighted by Gasteiger charge is 2.76. The lowest BCUT2D eigenvalue weighted by Crippen LogP contribution is -2.72. The van der Waals surface area contributed by atoms with E-state index in [9.17, 15) is 19.5 Å². The molecule has 6 rings (SSSR count). The zero-order chi connectivity index (χ0) is 17.8. The van der Waals surface area contributed by atoms with Gasteiger partial charge < -0.3 is 14.6 Å². The second kappa shape index (κ2) is 4.10. The Hall–Kier alpha value is -2.27. The fourth-order valence-corrected chi connectivity index (χ4v) is 5.73. The van der Waals surface area contributed by atoms with Crippen LogP contribution in [0.3, 0.4) is 0 Å². The summed E-state index contributed by atoms with van der Waals surface area (Å²) >= 11 is 0. The number of phenolic OH excluding ortho intramolecular Hbond substituents is 1. The summed E-state index contributed by atoms with van der Waals surface area (Å²) in [6.07, 6.45) is 4.24. The number of hydrogen-bond donors (Lipinski definition) is 1. The van der Waals surface area contributed by atoms with E-state index in [-0.39, 0.29) is 34.5 Å². The first-order valence-corrected chi connectivity index (χ1v) is 8.60. The van der Waals surface area contributed by atoms with Gasteiger partial charge >= 0.3 is 0 Å². The van der Waals surface area contributed by atoms with Crippen LogP contribution in [0.1, 0.15) is 47.4 Å². The van der Waals surface area contributed by atoms with Gasteiger partial charge in [-0.05, 0) is 50.8 Å². The summed E-state index contributed by atoms with van der Waals surface area (Å²) in [5.74, 6) is -0.835. The van der Waals surface area contributed by atoms with Gasteiger partial charge in [-0.25, -0.2) is 0 Å². The van der Waals surface area contributed by atoms with Gasteiger partial charge in [-0.2, -0.15) is 0 Å². The first-order chi connectivity index (χ1) is 11.8. The normalized spacial score (nSPS) is 43.5. The molecule has 0 radical (unpaired) electrons. The fraction of sp³-hybridized carbons (Fsp3) is 0.450. The quantitative estimate of drug-likeness (QED) is 0.796. The minimum atomic E-state index is -1.59. The van der Waals surface area contributed by atoms with Gasteiger partial charge in [0, 0.05) is 22.6 Å². The topological polar surface area (TPSA) is 80.7 Å². The van der Waals surface area contributed by atoms with Crippen molar-refractivity contribution in [3.63, 3.8) is 0 Å². The molecule has 3 aliphatic carbocycles. The van der Waals surface area contributed by atoms with Gasteiger partial charge in [0.1, 0.15) is 12.0 Å². The SMILES string of the molecule is C[C@@]12CC[C@H]3[C@@H]1C=C1C(=O)c4ccc(O)cc4C(=O)[C@]1(O2)[C@@]3(C)C=O. The third-order valence-electron chi connectivity index (χ3n) is 7.03. The Labute approximate surface area is 144 Å². The monoisotopic (exact) mass is 338 g/mol. The molecule has 5 aliphatic rings. The molecule has 1 saturated carbocycles. The summed E-state index contributed by atoms with van der Waals surface area (Å²) in [5, 5.41) is 9.82. The average Bonchev–Trinajstić information content (AvgIpc) is 2.89. The fourth-order valence-electron chi connectivity index (χ4n) is 5.73. The Balaban J connectivity index is 1.88. The number of hydrogen-bond acceptors (Lipinski definition) is 5. The Morgan fingerprint density at radius 3 is 2.72 bits per heavy atom. The first-order valence-electron chi connectivity index (χ1n) is 8.60. The van der Waals surface area contributed by atoms with E-state index in [4.69, 9.17) is 4.74 Å². The summed E-state index contributed by atoms with van der Waals surface area (Å²) < 4.78 is 6.39. The standard InChI is InChI=1S/C20H18O5/c1-18(9-21)13-5-6-19(2)14(13)8-15-16(23)11-4-3-10(22)7-12(11)17(24)20(15,18)25-19/h3-4,7-9,13-14,22H,5-6H2,1-2H3/t13-,14-,18-,19+,20-/m0/s1. The molecule has 2 heterocycles. The second-order valence-corrected chi connectivity index (χ2v) is 8.14. The lowest BCUT2D eigenvalue weighted by atomic mass is 9.49. The molecule has 1 saturated heterocycles. The van der Waals surface area contributed by atoms with Crippen molar-refractivity contribution in [2.75, 3.05) is 0 Å². The summed E-state index contributed by atoms with van der Waals surface area (Å²) in [6.45, 7) is 3.71. The predicted molar refractivity (Wildman–Crippen MR) is 87.5 cm³/mol. The van der Waals surface area contributed by atoms with Gasteiger partial charge in [0.05, 0.1) is 11.0 Å². The van der Waals surface area contributed by atoms with Crippen molar-refractivity contribution in [1.82, 2.24) is 0 Å². The van der Waals surface area contributed by atoms with Crippen LogP contribution in [0.2, 0.25) is 0 Å². The highest BCUT2D eigenvalue weighted by Crippen LogP contribution is 2.68. The number of Topliss-reactive ketones (excluding diaryl/α,β-unsaturated/α-hetero) is 2. The van der Waals surface area contributed by atoms with E-state index in [0.717, 1.165) is 19.1 Å². The van der Waals surface area contributed by atoms with Crippen molar-refractivity contribution in [2.45, 2.75) is 37.9 Å². The molecule has 5 atom stereocenters. The Kier molecular flexibility index (Phi) is 2.46. The molecule has 2 fully saturated rings. The van der Waals surface area contributed by atoms with Crippen molar-refractivity contribution < 1.29 is 24.2 Å². The van der Waals surface area contributed by atoms with Gasteiger partial charge in [-0.15, -0.1) is 0 Å². The molecule has 0 amide bonds. The van der Waals surface area contributed by atoms with Crippen LogP contribution in [0, 0.1) is 17.3 Å². The molecule has 1 N–H and O–H groups in total. The number of aldehydes is 1. The van der Waals surface area contributed by atoms with Crippen LogP contribution >= 0.6 is 0 Å². The number of aromatic hydroxyl groups is 1. The van der Waals surface area contributed by atoms with Crippen molar-refractivity contribution in [2.24, 2.45) is 17.3 Å². The number of phenols is 1. The number of ketones is 2. The van der Waals surface area contributed by atoms with Crippen LogP contribution in [-0.2, 0) is 9.53 Å². The lowest BCUT2D eigenvalue weighted by molar-refractivity contribution is -0.219. The lowest BCUT2D eigenvalue weighted by Gasteiger charge is -2.61. The molecule has 4 bridgehead atoms. The molecule has 0 unspecified atom stereocenters. The number of ether oxygens (including phenoxy) is 1. The van der Waals surface area contributed by atoms with Crippen molar-refractivity contribution in [3.8, 4) is 5.75 Å². The minimum absolute atomic E-state index is 0.0249. The predicted octanol–water partition coefficient (Wildman–Crippen LogP) is 2.47. The van der Waals surface area contributed by atoms with Crippen LogP contribution in [0.4, 0.5) is 0 Å². The van der Waals surface area contributed by atoms with Crippen molar-refractivity contribution in [1.29, 1.82) is 0 Å². The molecule has 5 heteroatoms. The minimum Gasteiger partial charge on any atom is -0.508 e. The van der Waals surface area contributed by atoms with Gasteiger partial charge in [0.2, 0.25) is 5.78 Å². The van der Waals surface area contributed by atoms with Gasteiger partial charge in [-0.3, -0.25) is 9.59 Å². The molecule has 0 aromatic heterocycles. The number of rotatable bonds is 1. The van der Waals surface area contributed by atoms with Crippen LogP contribution in [-0.4, -0.2) is 34.2 Å². The maximum absolute atomic E-state index is 13.6. The maximum atomic E-state index is 13.6. The largest absolute Gasteiger partial charge is 0.508 e. The zero-order valence-corrected chi connectivity index (χ0v) is 14.0. The van der Waals surface area contributed by atoms with Crippen LogP contribution in [0.25, 0.3) is 0 Å². The Morgan fingerprint density at radius 1 is 1.24 bits per heavy atom. The zero-order valence-electron chi connectivity index (χ0n) is 14.0. The summed E-state index contributed by atoms with van der Waals surface area (Å²) in [4.78, 5) is 38.9. The van der Waals surface area contributed by atoms with E-state index >= 15 is 0 Å². The number of benzene rings is 1.